The molecule has 2 N–H and O–H groups in total. The summed E-state index contributed by atoms with van der Waals surface area (Å²) in [6.07, 6.45) is 1.66. The number of nitrogens with one attached hydrogen (secondary N) is 2. The molecule has 9 heteroatoms. The van der Waals surface area contributed by atoms with Crippen LogP contribution in [0.25, 0.3) is 15.9 Å². The van der Waals surface area contributed by atoms with Gasteiger partial charge in [0.25, 0.3) is 0 Å². The third-order valence-electron chi connectivity index (χ3n) is 6.07. The van der Waals surface area contributed by atoms with Crippen LogP contribution in [-0.2, 0) is 0 Å². The lowest BCUT2D eigenvalue weighted by atomic mass is 10.2. The molecular formula is C31H28FN5OS2. The zero-order valence-electron chi connectivity index (χ0n) is 22.2. The van der Waals surface area contributed by atoms with E-state index in [9.17, 15) is 0 Å². The van der Waals surface area contributed by atoms with Crippen molar-refractivity contribution in [3.05, 3.63) is 95.2 Å². The molecule has 0 radical (unpaired) electrons. The van der Waals surface area contributed by atoms with E-state index in [1.807, 2.05) is 41.8 Å². The number of ether oxygens (including phenoxy) is 1. The number of hydrogen-bond donors (Lipinski definition) is 2. The van der Waals surface area contributed by atoms with Crippen molar-refractivity contribution in [3.63, 3.8) is 0 Å². The van der Waals surface area contributed by atoms with Gasteiger partial charge in [0.05, 0.1) is 33.0 Å². The van der Waals surface area contributed by atoms with Crippen molar-refractivity contribution in [1.82, 2.24) is 14.9 Å². The number of hydrogen-bond acceptors (Lipinski definition) is 8. The van der Waals surface area contributed by atoms with Crippen LogP contribution in [0.1, 0.15) is 24.4 Å². The van der Waals surface area contributed by atoms with E-state index in [1.54, 1.807) is 24.4 Å². The van der Waals surface area contributed by atoms with Crippen LogP contribution in [0.4, 0.5) is 20.9 Å². The number of halogens is 1. The van der Waals surface area contributed by atoms with Crippen LogP contribution in [0.5, 0.6) is 11.5 Å². The first kappa shape index (κ1) is 27.3. The number of para-hydroxylation sites is 1. The fraction of sp³-hybridized carbons (Fsp3) is 0.161. The van der Waals surface area contributed by atoms with Crippen molar-refractivity contribution in [2.24, 2.45) is 0 Å². The van der Waals surface area contributed by atoms with Crippen molar-refractivity contribution in [2.75, 3.05) is 30.3 Å². The Morgan fingerprint density at radius 1 is 1.05 bits per heavy atom. The van der Waals surface area contributed by atoms with Gasteiger partial charge in [-0.25, -0.2) is 9.37 Å². The second-order valence-electron chi connectivity index (χ2n) is 8.78. The predicted molar refractivity (Wildman–Crippen MR) is 165 cm³/mol. The van der Waals surface area contributed by atoms with Crippen molar-refractivity contribution in [1.29, 1.82) is 0 Å². The SMILES string of the molecule is C=C(Nc1ccc(Oc2ccnc3cc(C#CCN(CC)CC)sc23)c(F)c1)c1csc(Nc2ccccc2)n1. The van der Waals surface area contributed by atoms with Crippen LogP contribution in [0.3, 0.4) is 0 Å². The first-order valence-corrected chi connectivity index (χ1v) is 14.5. The number of aromatic nitrogens is 2. The fourth-order valence-electron chi connectivity index (χ4n) is 3.88. The molecule has 0 aliphatic carbocycles. The summed E-state index contributed by atoms with van der Waals surface area (Å²) in [7, 11) is 0. The monoisotopic (exact) mass is 569 g/mol. The molecule has 202 valence electrons. The van der Waals surface area contributed by atoms with Crippen LogP contribution in [0.15, 0.2) is 78.8 Å². The fourth-order valence-corrected chi connectivity index (χ4v) is 5.56. The maximum atomic E-state index is 15.1. The third kappa shape index (κ3) is 6.66. The summed E-state index contributed by atoms with van der Waals surface area (Å²) in [5.41, 5.74) is 3.51. The molecular weight excluding hydrogens is 542 g/mol. The first-order valence-electron chi connectivity index (χ1n) is 12.8. The van der Waals surface area contributed by atoms with Crippen molar-refractivity contribution >= 4 is 55.1 Å². The van der Waals surface area contributed by atoms with Gasteiger partial charge in [-0.3, -0.25) is 9.88 Å². The molecule has 0 bridgehead atoms. The van der Waals surface area contributed by atoms with E-state index >= 15 is 4.39 Å². The minimum atomic E-state index is -0.497. The van der Waals surface area contributed by atoms with Crippen LogP contribution >= 0.6 is 22.7 Å². The van der Waals surface area contributed by atoms with Gasteiger partial charge >= 0.3 is 0 Å². The van der Waals surface area contributed by atoms with Gasteiger partial charge in [-0.1, -0.05) is 50.5 Å². The number of rotatable bonds is 10. The summed E-state index contributed by atoms with van der Waals surface area (Å²) in [4.78, 5) is 12.2. The molecule has 3 aromatic heterocycles. The minimum absolute atomic E-state index is 0.120. The molecule has 0 spiro atoms. The number of anilines is 3. The van der Waals surface area contributed by atoms with Gasteiger partial charge < -0.3 is 15.4 Å². The van der Waals surface area contributed by atoms with E-state index < -0.39 is 5.82 Å². The Morgan fingerprint density at radius 3 is 2.65 bits per heavy atom. The van der Waals surface area contributed by atoms with Gasteiger partial charge in [0.2, 0.25) is 0 Å². The molecule has 0 atom stereocenters. The summed E-state index contributed by atoms with van der Waals surface area (Å²) in [5, 5.41) is 9.04. The van der Waals surface area contributed by atoms with Crippen molar-refractivity contribution in [3.8, 4) is 23.3 Å². The van der Waals surface area contributed by atoms with Crippen LogP contribution in [0, 0.1) is 17.7 Å². The van der Waals surface area contributed by atoms with Gasteiger partial charge in [0.1, 0.15) is 5.75 Å². The Bertz CT molecular complexity index is 1680. The van der Waals surface area contributed by atoms with E-state index in [0.717, 1.165) is 39.0 Å². The summed E-state index contributed by atoms with van der Waals surface area (Å²) in [6.45, 7) is 11.0. The minimum Gasteiger partial charge on any atom is -0.453 e. The highest BCUT2D eigenvalue weighted by Crippen LogP contribution is 2.36. The summed E-state index contributed by atoms with van der Waals surface area (Å²) in [6, 6.07) is 18.2. The van der Waals surface area contributed by atoms with E-state index in [-0.39, 0.29) is 5.75 Å². The average Bonchev–Trinajstić information content (AvgIpc) is 3.61. The molecule has 40 heavy (non-hydrogen) atoms. The third-order valence-corrected chi connectivity index (χ3v) is 7.88. The van der Waals surface area contributed by atoms with Gasteiger partial charge in [-0.2, -0.15) is 0 Å². The number of thiazole rings is 1. The Morgan fingerprint density at radius 2 is 1.88 bits per heavy atom. The highest BCUT2D eigenvalue weighted by Gasteiger charge is 2.13. The number of fused-ring (bicyclic) bond motifs is 1. The van der Waals surface area contributed by atoms with E-state index in [4.69, 9.17) is 4.74 Å². The lowest BCUT2D eigenvalue weighted by molar-refractivity contribution is 0.342. The molecule has 0 unspecified atom stereocenters. The van der Waals surface area contributed by atoms with Gasteiger partial charge in [0.15, 0.2) is 16.7 Å². The molecule has 0 aliphatic heterocycles. The smallest absolute Gasteiger partial charge is 0.187 e. The maximum absolute atomic E-state index is 15.1. The Kier molecular flexibility index (Phi) is 8.71. The van der Waals surface area contributed by atoms with Crippen molar-refractivity contribution < 1.29 is 9.13 Å². The van der Waals surface area contributed by atoms with Crippen LogP contribution in [0.2, 0.25) is 0 Å². The van der Waals surface area contributed by atoms with Gasteiger partial charge in [0, 0.05) is 35.1 Å². The standard InChI is InChI=1S/C31H28FN5OS2/c1-4-37(5-2)17-9-12-24-19-26-30(40-24)29(15-16-33-26)38-28-14-13-23(18-25(28)32)34-21(3)27-20-39-31(36-27)35-22-10-7-6-8-11-22/h6-8,10-11,13-16,18-20,34H,3-5,17H2,1-2H3,(H,35,36). The number of thiophene rings is 1. The second kappa shape index (κ2) is 12.7. The van der Waals surface area contributed by atoms with E-state index in [1.165, 1.54) is 28.7 Å². The molecule has 0 amide bonds. The molecule has 6 nitrogen and oxygen atoms in total. The zero-order chi connectivity index (χ0) is 27.9. The highest BCUT2D eigenvalue weighted by molar-refractivity contribution is 7.19. The summed E-state index contributed by atoms with van der Waals surface area (Å²) >= 11 is 2.96. The quantitative estimate of drug-likeness (QED) is 0.165. The highest BCUT2D eigenvalue weighted by atomic mass is 32.1. The lowest BCUT2D eigenvalue weighted by Gasteiger charge is -2.12. The molecule has 0 aliphatic rings. The molecule has 0 fully saturated rings. The normalized spacial score (nSPS) is 10.8. The molecule has 0 saturated carbocycles. The van der Waals surface area contributed by atoms with E-state index in [0.29, 0.717) is 29.4 Å². The first-order chi connectivity index (χ1) is 19.5. The van der Waals surface area contributed by atoms with E-state index in [2.05, 4.69) is 57.8 Å². The Balaban J connectivity index is 1.25. The zero-order valence-corrected chi connectivity index (χ0v) is 23.8. The maximum Gasteiger partial charge on any atom is 0.187 e. The largest absolute Gasteiger partial charge is 0.453 e. The summed E-state index contributed by atoms with van der Waals surface area (Å²) < 4.78 is 21.9. The number of benzene rings is 2. The average molecular weight is 570 g/mol. The Labute approximate surface area is 241 Å². The molecule has 3 heterocycles. The number of nitrogens with zero attached hydrogens (tertiary/aromatic N) is 3. The predicted octanol–water partition coefficient (Wildman–Crippen LogP) is 8.20. The number of pyridine rings is 1. The topological polar surface area (TPSA) is 62.3 Å². The van der Waals surface area contributed by atoms with Crippen molar-refractivity contribution in [2.45, 2.75) is 13.8 Å². The van der Waals surface area contributed by atoms with Gasteiger partial charge in [-0.05, 0) is 43.4 Å². The van der Waals surface area contributed by atoms with Crippen LogP contribution < -0.4 is 15.4 Å². The molecule has 2 aromatic carbocycles. The summed E-state index contributed by atoms with van der Waals surface area (Å²) in [5.74, 6) is 6.61. The lowest BCUT2D eigenvalue weighted by Crippen LogP contribution is -2.22. The molecule has 0 saturated heterocycles. The second-order valence-corrected chi connectivity index (χ2v) is 10.7. The van der Waals surface area contributed by atoms with Gasteiger partial charge in [-0.15, -0.1) is 22.7 Å². The Hall–Kier alpha value is -4.23. The molecule has 5 rings (SSSR count). The molecule has 5 aromatic rings. The van der Waals surface area contributed by atoms with Crippen LogP contribution in [-0.4, -0.2) is 34.5 Å².